The van der Waals surface area contributed by atoms with Crippen LogP contribution in [0.4, 0.5) is 0 Å². The Bertz CT molecular complexity index is 1270. The summed E-state index contributed by atoms with van der Waals surface area (Å²) in [5.41, 5.74) is 7.01. The van der Waals surface area contributed by atoms with Gasteiger partial charge in [-0.05, 0) is 58.2 Å². The van der Waals surface area contributed by atoms with Gasteiger partial charge in [-0.1, -0.05) is 71.4 Å². The first-order valence-corrected chi connectivity index (χ1v) is 18.8. The van der Waals surface area contributed by atoms with Gasteiger partial charge in [-0.15, -0.1) is 0 Å². The number of benzene rings is 1. The van der Waals surface area contributed by atoms with E-state index < -0.39 is 54.4 Å². The van der Waals surface area contributed by atoms with Crippen LogP contribution < -0.4 is 16.4 Å². The fourth-order valence-electron chi connectivity index (χ4n) is 7.69. The average Bonchev–Trinajstić information content (AvgIpc) is 3.59. The molecule has 0 radical (unpaired) electrons. The normalized spacial score (nSPS) is 20.6. The van der Waals surface area contributed by atoms with Crippen LogP contribution in [0.1, 0.15) is 85.8 Å². The molecular formula is C39H68N6O7. The Hall–Kier alpha value is -3.10. The van der Waals surface area contributed by atoms with Crippen LogP contribution in [0.3, 0.4) is 0 Å². The fourth-order valence-corrected chi connectivity index (χ4v) is 7.69. The zero-order chi connectivity index (χ0) is 39.4. The number of nitrogens with zero attached hydrogens (tertiary/aromatic N) is 3. The van der Waals surface area contributed by atoms with E-state index in [4.69, 9.17) is 15.2 Å². The van der Waals surface area contributed by atoms with Crippen LogP contribution in [0.2, 0.25) is 0 Å². The van der Waals surface area contributed by atoms with Crippen molar-refractivity contribution in [2.45, 2.75) is 129 Å². The number of carbonyl (C=O) groups is 4. The monoisotopic (exact) mass is 733 g/mol. The standard InChI is InChI=1S/C39H68N6O7/c1-13-24(4)34(44(10)39(50)32(26(6)40)42-38(49)33(23(2)3)43(8)9)30(51-11)22-31(46)45-21-17-20-29(45)36(52-12)25(5)37(48)41-27(7)35(47)28-18-15-14-16-19-28/h14-16,18-19,23-27,29-30,32-36,47H,13,17,20-22,40H2,1-12H3,(H,41,48)(H,42,49)/t24-,25+,26-,27+,29?,30+,32-,33?,34-,35+,36+/m0/s1. The third-order valence-corrected chi connectivity index (χ3v) is 10.8. The minimum absolute atomic E-state index is 0.00218. The lowest BCUT2D eigenvalue weighted by Gasteiger charge is -2.41. The molecule has 0 aliphatic carbocycles. The largest absolute Gasteiger partial charge is 0.386 e. The van der Waals surface area contributed by atoms with E-state index in [-0.39, 0.29) is 47.9 Å². The lowest BCUT2D eigenvalue weighted by Crippen LogP contribution is -2.62. The third-order valence-electron chi connectivity index (χ3n) is 10.8. The van der Waals surface area contributed by atoms with Gasteiger partial charge in [0.25, 0.3) is 0 Å². The number of methoxy groups -OCH3 is 2. The van der Waals surface area contributed by atoms with Gasteiger partial charge in [-0.2, -0.15) is 0 Å². The lowest BCUT2D eigenvalue weighted by atomic mass is 9.89. The molecule has 1 aliphatic rings. The van der Waals surface area contributed by atoms with Crippen LogP contribution in [0.15, 0.2) is 30.3 Å². The Morgan fingerprint density at radius 3 is 2.08 bits per heavy atom. The van der Waals surface area contributed by atoms with E-state index >= 15 is 0 Å². The first-order valence-electron chi connectivity index (χ1n) is 18.8. The number of likely N-dealkylation sites (N-methyl/N-ethyl adjacent to an activating group) is 2. The minimum atomic E-state index is -0.979. The second-order valence-corrected chi connectivity index (χ2v) is 15.2. The molecule has 0 saturated carbocycles. The van der Waals surface area contributed by atoms with Crippen molar-refractivity contribution in [1.29, 1.82) is 0 Å². The number of aliphatic hydroxyl groups excluding tert-OH is 1. The third kappa shape index (κ3) is 11.4. The second-order valence-electron chi connectivity index (χ2n) is 15.2. The van der Waals surface area contributed by atoms with Crippen LogP contribution in [-0.2, 0) is 28.7 Å². The molecule has 1 fully saturated rings. The molecule has 5 N–H and O–H groups in total. The molecule has 1 aromatic carbocycles. The minimum Gasteiger partial charge on any atom is -0.386 e. The van der Waals surface area contributed by atoms with Gasteiger partial charge in [0, 0.05) is 33.9 Å². The molecule has 2 unspecified atom stereocenters. The molecule has 11 atom stereocenters. The highest BCUT2D eigenvalue weighted by Gasteiger charge is 2.43. The van der Waals surface area contributed by atoms with Crippen molar-refractivity contribution < 1.29 is 33.8 Å². The van der Waals surface area contributed by atoms with Crippen LogP contribution >= 0.6 is 0 Å². The number of carbonyl (C=O) groups excluding carboxylic acids is 4. The predicted molar refractivity (Wildman–Crippen MR) is 203 cm³/mol. The van der Waals surface area contributed by atoms with Gasteiger partial charge in [-0.25, -0.2) is 0 Å². The summed E-state index contributed by atoms with van der Waals surface area (Å²) < 4.78 is 11.9. The molecule has 0 aromatic heterocycles. The lowest BCUT2D eigenvalue weighted by molar-refractivity contribution is -0.147. The van der Waals surface area contributed by atoms with Crippen LogP contribution in [0, 0.1) is 17.8 Å². The smallest absolute Gasteiger partial charge is 0.246 e. The van der Waals surface area contributed by atoms with E-state index in [2.05, 4.69) is 10.6 Å². The van der Waals surface area contributed by atoms with Crippen molar-refractivity contribution in [3.05, 3.63) is 35.9 Å². The van der Waals surface area contributed by atoms with E-state index in [1.165, 1.54) is 7.11 Å². The number of amides is 4. The van der Waals surface area contributed by atoms with E-state index in [1.807, 2.05) is 77.0 Å². The molecule has 13 nitrogen and oxygen atoms in total. The molecule has 1 saturated heterocycles. The molecule has 52 heavy (non-hydrogen) atoms. The number of aliphatic hydroxyl groups is 1. The summed E-state index contributed by atoms with van der Waals surface area (Å²) in [6, 6.07) is 5.67. The van der Waals surface area contributed by atoms with E-state index in [0.29, 0.717) is 24.9 Å². The molecule has 2 rings (SSSR count). The van der Waals surface area contributed by atoms with Crippen LogP contribution in [-0.4, -0.2) is 134 Å². The maximum atomic E-state index is 14.1. The summed E-state index contributed by atoms with van der Waals surface area (Å²) in [6.45, 7) is 13.7. The molecule has 1 aromatic rings. The molecule has 1 heterocycles. The van der Waals surface area contributed by atoms with Gasteiger partial charge in [-0.3, -0.25) is 24.1 Å². The van der Waals surface area contributed by atoms with Gasteiger partial charge in [0.1, 0.15) is 6.04 Å². The summed E-state index contributed by atoms with van der Waals surface area (Å²) >= 11 is 0. The van der Waals surface area contributed by atoms with Crippen molar-refractivity contribution in [2.75, 3.05) is 41.9 Å². The SMILES string of the molecule is CC[C@H](C)[C@@H]([C@@H](CC(=O)N1CCCC1[C@H](OC)[C@@H](C)C(=O)N[C@H](C)[C@@H](O)c1ccccc1)OC)N(C)C(=O)[C@@H](NC(=O)C(C(C)C)N(C)C)[C@H](C)N. The molecule has 4 amide bonds. The highest BCUT2D eigenvalue weighted by Crippen LogP contribution is 2.30. The summed E-state index contributed by atoms with van der Waals surface area (Å²) in [6.07, 6.45) is -0.00359. The van der Waals surface area contributed by atoms with Crippen LogP contribution in [0.5, 0.6) is 0 Å². The summed E-state index contributed by atoms with van der Waals surface area (Å²) in [7, 11) is 8.42. The fraction of sp³-hybridized carbons (Fsp3) is 0.744. The van der Waals surface area contributed by atoms with E-state index in [9.17, 15) is 24.3 Å². The van der Waals surface area contributed by atoms with Gasteiger partial charge < -0.3 is 40.7 Å². The quantitative estimate of drug-likeness (QED) is 0.158. The molecule has 296 valence electrons. The molecule has 1 aliphatic heterocycles. The summed E-state index contributed by atoms with van der Waals surface area (Å²) in [5, 5.41) is 16.7. The Balaban J connectivity index is 2.25. The van der Waals surface area contributed by atoms with E-state index in [0.717, 1.165) is 6.42 Å². The number of nitrogens with two attached hydrogens (primary N) is 1. The topological polar surface area (TPSA) is 167 Å². The number of likely N-dealkylation sites (tertiary alicyclic amines) is 1. The van der Waals surface area contributed by atoms with Crippen molar-refractivity contribution >= 4 is 23.6 Å². The maximum Gasteiger partial charge on any atom is 0.246 e. The first kappa shape index (κ1) is 45.1. The van der Waals surface area contributed by atoms with Gasteiger partial charge in [0.2, 0.25) is 23.6 Å². The molecule has 0 spiro atoms. The Kier molecular flexibility index (Phi) is 18.2. The van der Waals surface area contributed by atoms with Crippen molar-refractivity contribution in [3.8, 4) is 0 Å². The predicted octanol–water partition coefficient (Wildman–Crippen LogP) is 2.56. The highest BCUT2D eigenvalue weighted by molar-refractivity contribution is 5.90. The summed E-state index contributed by atoms with van der Waals surface area (Å²) in [5.74, 6) is -1.73. The number of hydrogen-bond acceptors (Lipinski definition) is 9. The zero-order valence-electron chi connectivity index (χ0n) is 33.7. The van der Waals surface area contributed by atoms with Gasteiger partial charge >= 0.3 is 0 Å². The number of nitrogens with one attached hydrogen (secondary N) is 2. The number of ether oxygens (including phenoxy) is 2. The van der Waals surface area contributed by atoms with E-state index in [1.54, 1.807) is 44.7 Å². The molecule has 13 heteroatoms. The summed E-state index contributed by atoms with van der Waals surface area (Å²) in [4.78, 5) is 60.2. The van der Waals surface area contributed by atoms with Crippen molar-refractivity contribution in [1.82, 2.24) is 25.3 Å². The Morgan fingerprint density at radius 2 is 1.58 bits per heavy atom. The second kappa shape index (κ2) is 21.0. The molecule has 0 bridgehead atoms. The highest BCUT2D eigenvalue weighted by atomic mass is 16.5. The molecular weight excluding hydrogens is 664 g/mol. The number of hydrogen-bond donors (Lipinski definition) is 4. The van der Waals surface area contributed by atoms with Gasteiger partial charge in [0.05, 0.1) is 54.8 Å². The first-order chi connectivity index (χ1) is 24.4. The van der Waals surface area contributed by atoms with Gasteiger partial charge in [0.15, 0.2) is 0 Å². The zero-order valence-corrected chi connectivity index (χ0v) is 33.7. The van der Waals surface area contributed by atoms with Crippen molar-refractivity contribution in [3.63, 3.8) is 0 Å². The Labute approximate surface area is 312 Å². The van der Waals surface area contributed by atoms with Crippen molar-refractivity contribution in [2.24, 2.45) is 23.5 Å². The maximum absolute atomic E-state index is 14.1. The van der Waals surface area contributed by atoms with Crippen LogP contribution in [0.25, 0.3) is 0 Å². The average molecular weight is 733 g/mol. The number of rotatable bonds is 20. The Morgan fingerprint density at radius 1 is 0.962 bits per heavy atom.